The van der Waals surface area contributed by atoms with Crippen LogP contribution in [0.4, 0.5) is 4.79 Å². The van der Waals surface area contributed by atoms with E-state index in [9.17, 15) is 14.8 Å². The van der Waals surface area contributed by atoms with Crippen molar-refractivity contribution in [3.63, 3.8) is 0 Å². The number of methoxy groups -OCH3 is 1. The van der Waals surface area contributed by atoms with Crippen molar-refractivity contribution in [1.29, 1.82) is 0 Å². The molecule has 0 bridgehead atoms. The number of esters is 1. The normalized spacial score (nSPS) is 10.3. The highest BCUT2D eigenvalue weighted by molar-refractivity contribution is 5.73. The third kappa shape index (κ3) is 12.4. The van der Waals surface area contributed by atoms with Crippen LogP contribution < -0.4 is 5.32 Å². The second-order valence-electron chi connectivity index (χ2n) is 5.51. The number of hydrogen-bond donors (Lipinski definition) is 2. The first kappa shape index (κ1) is 20.7. The van der Waals surface area contributed by atoms with E-state index in [0.29, 0.717) is 19.5 Å². The Balaban J connectivity index is 3.44. The zero-order chi connectivity index (χ0) is 16.6. The SMILES string of the molecule is CCCCCCCCCCN(O)C(=O)NCCCC(=O)OC. The highest BCUT2D eigenvalue weighted by Gasteiger charge is 2.09. The molecule has 0 aliphatic carbocycles. The molecule has 2 N–H and O–H groups in total. The van der Waals surface area contributed by atoms with Crippen LogP contribution in [0.2, 0.25) is 0 Å². The van der Waals surface area contributed by atoms with Gasteiger partial charge in [0.15, 0.2) is 0 Å². The van der Waals surface area contributed by atoms with Gasteiger partial charge in [-0.2, -0.15) is 0 Å². The minimum atomic E-state index is -0.507. The largest absolute Gasteiger partial charge is 0.469 e. The quantitative estimate of drug-likeness (QED) is 0.236. The summed E-state index contributed by atoms with van der Waals surface area (Å²) in [6.45, 7) is 2.90. The molecular formula is C16H32N2O4. The third-order valence-electron chi connectivity index (χ3n) is 3.52. The van der Waals surface area contributed by atoms with Crippen LogP contribution >= 0.6 is 0 Å². The first-order chi connectivity index (χ1) is 10.6. The molecule has 0 aromatic rings. The van der Waals surface area contributed by atoms with Gasteiger partial charge in [-0.3, -0.25) is 10.0 Å². The van der Waals surface area contributed by atoms with Gasteiger partial charge < -0.3 is 10.1 Å². The van der Waals surface area contributed by atoms with Crippen LogP contribution in [-0.4, -0.2) is 42.5 Å². The molecule has 0 aliphatic heterocycles. The average molecular weight is 316 g/mol. The fraction of sp³-hybridized carbons (Fsp3) is 0.875. The van der Waals surface area contributed by atoms with Gasteiger partial charge in [0.1, 0.15) is 0 Å². The number of amides is 2. The maximum Gasteiger partial charge on any atom is 0.341 e. The van der Waals surface area contributed by atoms with Crippen LogP contribution in [-0.2, 0) is 9.53 Å². The van der Waals surface area contributed by atoms with E-state index in [1.807, 2.05) is 0 Å². The van der Waals surface area contributed by atoms with Gasteiger partial charge in [0.25, 0.3) is 0 Å². The zero-order valence-corrected chi connectivity index (χ0v) is 14.1. The lowest BCUT2D eigenvalue weighted by molar-refractivity contribution is -0.140. The molecule has 2 amide bonds. The lowest BCUT2D eigenvalue weighted by Crippen LogP contribution is -2.38. The monoisotopic (exact) mass is 316 g/mol. The van der Waals surface area contributed by atoms with Crippen LogP contribution in [0.25, 0.3) is 0 Å². The molecule has 0 fully saturated rings. The Morgan fingerprint density at radius 3 is 2.18 bits per heavy atom. The number of hydroxylamine groups is 2. The molecule has 0 spiro atoms. The highest BCUT2D eigenvalue weighted by Crippen LogP contribution is 2.08. The molecule has 130 valence electrons. The van der Waals surface area contributed by atoms with Crippen molar-refractivity contribution in [3.8, 4) is 0 Å². The maximum atomic E-state index is 11.5. The number of carbonyl (C=O) groups excluding carboxylic acids is 2. The zero-order valence-electron chi connectivity index (χ0n) is 14.1. The standard InChI is InChI=1S/C16H32N2O4/c1-3-4-5-6-7-8-9-10-14-18(21)16(20)17-13-11-12-15(19)22-2/h21H,3-14H2,1-2H3,(H,17,20). The summed E-state index contributed by atoms with van der Waals surface area (Å²) in [5.74, 6) is -0.297. The van der Waals surface area contributed by atoms with Crippen LogP contribution in [0.5, 0.6) is 0 Å². The number of rotatable bonds is 13. The number of ether oxygens (including phenoxy) is 1. The Labute approximate surface area is 134 Å². The Kier molecular flexibility index (Phi) is 13.8. The van der Waals surface area contributed by atoms with Crippen molar-refractivity contribution in [2.24, 2.45) is 0 Å². The molecule has 22 heavy (non-hydrogen) atoms. The van der Waals surface area contributed by atoms with E-state index >= 15 is 0 Å². The summed E-state index contributed by atoms with van der Waals surface area (Å²) in [5.41, 5.74) is 0. The molecule has 0 rings (SSSR count). The summed E-state index contributed by atoms with van der Waals surface area (Å²) >= 11 is 0. The van der Waals surface area contributed by atoms with Crippen LogP contribution in [0, 0.1) is 0 Å². The predicted octanol–water partition coefficient (Wildman–Crippen LogP) is 3.48. The van der Waals surface area contributed by atoms with Crippen molar-refractivity contribution >= 4 is 12.0 Å². The van der Waals surface area contributed by atoms with Crippen molar-refractivity contribution < 1.29 is 19.5 Å². The summed E-state index contributed by atoms with van der Waals surface area (Å²) in [6.07, 6.45) is 10.1. The molecule has 0 saturated heterocycles. The summed E-state index contributed by atoms with van der Waals surface area (Å²) in [5, 5.41) is 12.9. The van der Waals surface area contributed by atoms with Crippen molar-refractivity contribution in [2.45, 2.75) is 71.1 Å². The van der Waals surface area contributed by atoms with E-state index in [1.54, 1.807) is 0 Å². The molecule has 0 saturated carbocycles. The number of unbranched alkanes of at least 4 members (excludes halogenated alkanes) is 7. The van der Waals surface area contributed by atoms with Crippen molar-refractivity contribution in [3.05, 3.63) is 0 Å². The second-order valence-corrected chi connectivity index (χ2v) is 5.51. The minimum Gasteiger partial charge on any atom is -0.469 e. The topological polar surface area (TPSA) is 78.9 Å². The molecule has 0 radical (unpaired) electrons. The Hall–Kier alpha value is -1.30. The Bertz CT molecular complexity index is 298. The van der Waals surface area contributed by atoms with Gasteiger partial charge in [-0.15, -0.1) is 0 Å². The molecule has 0 aliphatic rings. The Morgan fingerprint density at radius 1 is 1.00 bits per heavy atom. The van der Waals surface area contributed by atoms with E-state index < -0.39 is 6.03 Å². The second kappa shape index (κ2) is 14.6. The minimum absolute atomic E-state index is 0.264. The van der Waals surface area contributed by atoms with Gasteiger partial charge in [0.2, 0.25) is 0 Å². The molecule has 0 unspecified atom stereocenters. The van der Waals surface area contributed by atoms with E-state index in [2.05, 4.69) is 17.0 Å². The van der Waals surface area contributed by atoms with Gasteiger partial charge >= 0.3 is 12.0 Å². The van der Waals surface area contributed by atoms with Gasteiger partial charge in [0.05, 0.1) is 13.7 Å². The average Bonchev–Trinajstić information content (AvgIpc) is 2.53. The summed E-state index contributed by atoms with van der Waals surface area (Å²) in [4.78, 5) is 22.4. The van der Waals surface area contributed by atoms with E-state index in [1.165, 1.54) is 39.2 Å². The number of nitrogens with zero attached hydrogens (tertiary/aromatic N) is 1. The van der Waals surface area contributed by atoms with Gasteiger partial charge in [-0.1, -0.05) is 51.9 Å². The highest BCUT2D eigenvalue weighted by atomic mass is 16.5. The van der Waals surface area contributed by atoms with Gasteiger partial charge in [-0.05, 0) is 12.8 Å². The smallest absolute Gasteiger partial charge is 0.341 e. The molecule has 0 heterocycles. The van der Waals surface area contributed by atoms with E-state index in [-0.39, 0.29) is 12.4 Å². The number of nitrogens with one attached hydrogen (secondary N) is 1. The van der Waals surface area contributed by atoms with Gasteiger partial charge in [0, 0.05) is 13.0 Å². The maximum absolute atomic E-state index is 11.5. The molecule has 0 aromatic carbocycles. The number of urea groups is 1. The van der Waals surface area contributed by atoms with Crippen LogP contribution in [0.1, 0.15) is 71.1 Å². The summed E-state index contributed by atoms with van der Waals surface area (Å²) < 4.78 is 4.50. The predicted molar refractivity (Wildman–Crippen MR) is 85.8 cm³/mol. The van der Waals surface area contributed by atoms with E-state index in [0.717, 1.165) is 24.3 Å². The third-order valence-corrected chi connectivity index (χ3v) is 3.52. The van der Waals surface area contributed by atoms with Crippen molar-refractivity contribution in [2.75, 3.05) is 20.2 Å². The fourth-order valence-electron chi connectivity index (χ4n) is 2.12. The van der Waals surface area contributed by atoms with Crippen molar-refractivity contribution in [1.82, 2.24) is 10.4 Å². The molecule has 0 atom stereocenters. The van der Waals surface area contributed by atoms with Crippen LogP contribution in [0.3, 0.4) is 0 Å². The lowest BCUT2D eigenvalue weighted by atomic mass is 10.1. The lowest BCUT2D eigenvalue weighted by Gasteiger charge is -2.15. The molecule has 0 aromatic heterocycles. The number of hydrogen-bond acceptors (Lipinski definition) is 4. The molecule has 6 nitrogen and oxygen atoms in total. The Morgan fingerprint density at radius 2 is 1.59 bits per heavy atom. The first-order valence-corrected chi connectivity index (χ1v) is 8.42. The summed E-state index contributed by atoms with van der Waals surface area (Å²) in [7, 11) is 1.33. The summed E-state index contributed by atoms with van der Waals surface area (Å²) in [6, 6.07) is -0.507. The number of carbonyl (C=O) groups is 2. The van der Waals surface area contributed by atoms with Crippen LogP contribution in [0.15, 0.2) is 0 Å². The van der Waals surface area contributed by atoms with Gasteiger partial charge in [-0.25, -0.2) is 9.86 Å². The first-order valence-electron chi connectivity index (χ1n) is 8.42. The fourth-order valence-corrected chi connectivity index (χ4v) is 2.12. The molecular weight excluding hydrogens is 284 g/mol. The van der Waals surface area contributed by atoms with E-state index in [4.69, 9.17) is 0 Å². The molecule has 6 heteroatoms.